The van der Waals surface area contributed by atoms with Gasteiger partial charge in [-0.15, -0.1) is 0 Å². The first-order valence-corrected chi connectivity index (χ1v) is 6.86. The van der Waals surface area contributed by atoms with E-state index in [-0.39, 0.29) is 11.3 Å². The van der Waals surface area contributed by atoms with Gasteiger partial charge in [-0.25, -0.2) is 9.78 Å². The number of halogens is 1. The minimum Gasteiger partial charge on any atom is -0.478 e. The number of hydrogen-bond acceptors (Lipinski definition) is 4. The number of anilines is 1. The van der Waals surface area contributed by atoms with Crippen LogP contribution in [0.25, 0.3) is 0 Å². The van der Waals surface area contributed by atoms with E-state index in [0.717, 1.165) is 0 Å². The van der Waals surface area contributed by atoms with Gasteiger partial charge in [0.05, 0.1) is 11.9 Å². The third-order valence-electron chi connectivity index (χ3n) is 2.71. The summed E-state index contributed by atoms with van der Waals surface area (Å²) in [6.07, 6.45) is 3.10. The number of hydrogen-bond donors (Lipinski definition) is 3. The molecule has 0 bridgehead atoms. The minimum absolute atomic E-state index is 0.0708. The zero-order chi connectivity index (χ0) is 15.4. The predicted octanol–water partition coefficient (Wildman–Crippen LogP) is 1.55. The second kappa shape index (κ2) is 6.51. The van der Waals surface area contributed by atoms with Gasteiger partial charge in [-0.05, 0) is 34.1 Å². The summed E-state index contributed by atoms with van der Waals surface area (Å²) in [6.45, 7) is 1.02. The molecular weight excluding hydrogens is 340 g/mol. The summed E-state index contributed by atoms with van der Waals surface area (Å²) in [4.78, 5) is 27.0. The van der Waals surface area contributed by atoms with E-state index in [4.69, 9.17) is 10.8 Å². The number of rotatable bonds is 5. The maximum Gasteiger partial charge on any atom is 0.336 e. The van der Waals surface area contributed by atoms with Crippen molar-refractivity contribution in [1.82, 2.24) is 9.55 Å². The minimum atomic E-state index is -1.08. The number of benzene rings is 1. The van der Waals surface area contributed by atoms with Gasteiger partial charge < -0.3 is 20.7 Å². The molecule has 0 aliphatic heterocycles. The monoisotopic (exact) mass is 352 g/mol. The first kappa shape index (κ1) is 15.2. The molecule has 0 unspecified atom stereocenters. The molecular formula is C13H13BrN4O3. The molecule has 1 heterocycles. The number of amides is 1. The average Bonchev–Trinajstić information content (AvgIpc) is 2.90. The lowest BCUT2D eigenvalue weighted by Gasteiger charge is -2.06. The Labute approximate surface area is 128 Å². The molecule has 0 radical (unpaired) electrons. The number of aromatic carboxylic acids is 1. The molecule has 0 fully saturated rings. The van der Waals surface area contributed by atoms with Gasteiger partial charge in [0.2, 0.25) is 0 Å². The first-order valence-electron chi connectivity index (χ1n) is 6.07. The number of carboxylic acids is 1. The van der Waals surface area contributed by atoms with Crippen LogP contribution in [0, 0.1) is 0 Å². The van der Waals surface area contributed by atoms with Gasteiger partial charge in [-0.2, -0.15) is 0 Å². The van der Waals surface area contributed by atoms with E-state index in [0.29, 0.717) is 23.2 Å². The molecule has 1 amide bonds. The molecule has 0 saturated heterocycles. The van der Waals surface area contributed by atoms with E-state index >= 15 is 0 Å². The van der Waals surface area contributed by atoms with Crippen molar-refractivity contribution in [2.75, 3.05) is 11.9 Å². The van der Waals surface area contributed by atoms with Gasteiger partial charge in [-0.1, -0.05) is 0 Å². The normalized spacial score (nSPS) is 10.4. The van der Waals surface area contributed by atoms with E-state index in [1.165, 1.54) is 12.4 Å². The van der Waals surface area contributed by atoms with Gasteiger partial charge in [0.1, 0.15) is 5.69 Å². The highest BCUT2D eigenvalue weighted by Crippen LogP contribution is 2.21. The van der Waals surface area contributed by atoms with Crippen molar-refractivity contribution in [3.05, 3.63) is 46.5 Å². The fourth-order valence-corrected chi connectivity index (χ4v) is 2.13. The Morgan fingerprint density at radius 2 is 2.19 bits per heavy atom. The third kappa shape index (κ3) is 3.67. The van der Waals surface area contributed by atoms with Crippen LogP contribution in [0.2, 0.25) is 0 Å². The summed E-state index contributed by atoms with van der Waals surface area (Å²) in [7, 11) is 0. The highest BCUT2D eigenvalue weighted by atomic mass is 79.9. The zero-order valence-electron chi connectivity index (χ0n) is 10.9. The second-order valence-electron chi connectivity index (χ2n) is 4.24. The van der Waals surface area contributed by atoms with Gasteiger partial charge in [0, 0.05) is 29.4 Å². The molecule has 0 aliphatic carbocycles. The van der Waals surface area contributed by atoms with Crippen LogP contribution >= 0.6 is 15.9 Å². The fraction of sp³-hybridized carbons (Fsp3) is 0.154. The van der Waals surface area contributed by atoms with E-state index in [2.05, 4.69) is 26.2 Å². The second-order valence-corrected chi connectivity index (χ2v) is 5.09. The smallest absolute Gasteiger partial charge is 0.336 e. The van der Waals surface area contributed by atoms with Crippen LogP contribution in [0.3, 0.4) is 0 Å². The standard InChI is InChI=1S/C13H13BrN4O3/c14-10-2-1-8(5-9(10)13(20)21)17-12(19)11-6-18(4-3-15)7-16-11/h1-2,5-7H,3-4,15H2,(H,17,19)(H,20,21). The number of nitrogens with two attached hydrogens (primary N) is 1. The molecule has 2 rings (SSSR count). The molecule has 8 heteroatoms. The number of carboxylic acid groups (broad SMARTS) is 1. The number of carbonyl (C=O) groups is 2. The zero-order valence-corrected chi connectivity index (χ0v) is 12.5. The van der Waals surface area contributed by atoms with Crippen molar-refractivity contribution in [2.24, 2.45) is 5.73 Å². The quantitative estimate of drug-likeness (QED) is 0.756. The molecule has 0 aliphatic rings. The molecule has 0 saturated carbocycles. The Balaban J connectivity index is 2.15. The molecule has 110 valence electrons. The Hall–Kier alpha value is -2.19. The lowest BCUT2D eigenvalue weighted by atomic mass is 10.2. The topological polar surface area (TPSA) is 110 Å². The van der Waals surface area contributed by atoms with Crippen LogP contribution in [-0.2, 0) is 6.54 Å². The number of carbonyl (C=O) groups excluding carboxylic acids is 1. The summed E-state index contributed by atoms with van der Waals surface area (Å²) in [6, 6.07) is 4.54. The Kier molecular flexibility index (Phi) is 4.71. The first-order chi connectivity index (χ1) is 10.0. The molecule has 7 nitrogen and oxygen atoms in total. The third-order valence-corrected chi connectivity index (χ3v) is 3.40. The van der Waals surface area contributed by atoms with Gasteiger partial charge >= 0.3 is 5.97 Å². The van der Waals surface area contributed by atoms with Crippen LogP contribution in [0.5, 0.6) is 0 Å². The lowest BCUT2D eigenvalue weighted by molar-refractivity contribution is 0.0695. The molecule has 2 aromatic rings. The number of nitrogens with one attached hydrogen (secondary N) is 1. The summed E-state index contributed by atoms with van der Waals surface area (Å²) < 4.78 is 2.15. The van der Waals surface area contributed by atoms with Crippen LogP contribution in [0.1, 0.15) is 20.8 Å². The number of nitrogens with zero attached hydrogens (tertiary/aromatic N) is 2. The molecule has 21 heavy (non-hydrogen) atoms. The van der Waals surface area contributed by atoms with Crippen LogP contribution in [0.15, 0.2) is 35.2 Å². The SMILES string of the molecule is NCCn1cnc(C(=O)Nc2ccc(Br)c(C(=O)O)c2)c1. The number of aromatic nitrogens is 2. The van der Waals surface area contributed by atoms with Gasteiger partial charge in [0.25, 0.3) is 5.91 Å². The molecule has 1 aromatic carbocycles. The van der Waals surface area contributed by atoms with E-state index in [1.54, 1.807) is 22.9 Å². The van der Waals surface area contributed by atoms with Gasteiger partial charge in [0.15, 0.2) is 0 Å². The Morgan fingerprint density at radius 1 is 1.43 bits per heavy atom. The largest absolute Gasteiger partial charge is 0.478 e. The fourth-order valence-electron chi connectivity index (χ4n) is 1.71. The predicted molar refractivity (Wildman–Crippen MR) is 80.3 cm³/mol. The Bertz CT molecular complexity index is 684. The van der Waals surface area contributed by atoms with Crippen LogP contribution < -0.4 is 11.1 Å². The molecule has 4 N–H and O–H groups in total. The van der Waals surface area contributed by atoms with Crippen LogP contribution in [0.4, 0.5) is 5.69 Å². The molecule has 1 aromatic heterocycles. The van der Waals surface area contributed by atoms with Crippen molar-refractivity contribution in [1.29, 1.82) is 0 Å². The summed E-state index contributed by atoms with van der Waals surface area (Å²) >= 11 is 3.14. The van der Waals surface area contributed by atoms with Crippen molar-refractivity contribution >= 4 is 33.5 Å². The van der Waals surface area contributed by atoms with Crippen molar-refractivity contribution in [3.8, 4) is 0 Å². The maximum atomic E-state index is 12.0. The molecule has 0 spiro atoms. The summed E-state index contributed by atoms with van der Waals surface area (Å²) in [5.41, 5.74) is 6.11. The Morgan fingerprint density at radius 3 is 2.86 bits per heavy atom. The van der Waals surface area contributed by atoms with Crippen molar-refractivity contribution < 1.29 is 14.7 Å². The maximum absolute atomic E-state index is 12.0. The highest BCUT2D eigenvalue weighted by molar-refractivity contribution is 9.10. The van der Waals surface area contributed by atoms with Crippen molar-refractivity contribution in [2.45, 2.75) is 6.54 Å². The van der Waals surface area contributed by atoms with E-state index in [1.807, 2.05) is 0 Å². The van der Waals surface area contributed by atoms with Gasteiger partial charge in [-0.3, -0.25) is 4.79 Å². The van der Waals surface area contributed by atoms with Crippen molar-refractivity contribution in [3.63, 3.8) is 0 Å². The molecule has 0 atom stereocenters. The number of imidazole rings is 1. The highest BCUT2D eigenvalue weighted by Gasteiger charge is 2.13. The summed E-state index contributed by atoms with van der Waals surface area (Å²) in [5.74, 6) is -1.49. The van der Waals surface area contributed by atoms with Crippen LogP contribution in [-0.4, -0.2) is 33.1 Å². The van der Waals surface area contributed by atoms with E-state index in [9.17, 15) is 9.59 Å². The lowest BCUT2D eigenvalue weighted by Crippen LogP contribution is -2.13. The summed E-state index contributed by atoms with van der Waals surface area (Å²) in [5, 5.41) is 11.6. The average molecular weight is 353 g/mol. The van der Waals surface area contributed by atoms with E-state index < -0.39 is 11.9 Å².